The summed E-state index contributed by atoms with van der Waals surface area (Å²) in [6.07, 6.45) is 2.57. The van der Waals surface area contributed by atoms with Gasteiger partial charge in [0.1, 0.15) is 11.6 Å². The van der Waals surface area contributed by atoms with Crippen LogP contribution in [0, 0.1) is 11.6 Å². The van der Waals surface area contributed by atoms with Gasteiger partial charge in [-0.2, -0.15) is 0 Å². The summed E-state index contributed by atoms with van der Waals surface area (Å²) in [6, 6.07) is 8.31. The highest BCUT2D eigenvalue weighted by Gasteiger charge is 2.20. The van der Waals surface area contributed by atoms with E-state index < -0.39 is 11.6 Å². The van der Waals surface area contributed by atoms with Crippen LogP contribution in [0.2, 0.25) is 0 Å². The van der Waals surface area contributed by atoms with Crippen molar-refractivity contribution in [2.45, 2.75) is 25.3 Å². The summed E-state index contributed by atoms with van der Waals surface area (Å²) in [6.45, 7) is 2.59. The van der Waals surface area contributed by atoms with Crippen LogP contribution in [0.25, 0.3) is 0 Å². The second-order valence-electron chi connectivity index (χ2n) is 6.34. The minimum Gasteiger partial charge on any atom is -0.363 e. The molecule has 1 fully saturated rings. The molecule has 1 saturated heterocycles. The maximum atomic E-state index is 13.7. The molecule has 0 bridgehead atoms. The molecule has 0 spiro atoms. The molecule has 0 aliphatic carbocycles. The fraction of sp³-hybridized carbons (Fsp3) is 0.421. The van der Waals surface area contributed by atoms with E-state index in [1.807, 2.05) is 0 Å². The van der Waals surface area contributed by atoms with Gasteiger partial charge in [-0.25, -0.2) is 8.78 Å². The number of anilines is 1. The molecule has 26 heavy (non-hydrogen) atoms. The number of nitrogens with one attached hydrogen (secondary N) is 2. The first-order valence-electron chi connectivity index (χ1n) is 8.85. The third kappa shape index (κ3) is 4.94. The van der Waals surface area contributed by atoms with Crippen LogP contribution in [0.5, 0.6) is 0 Å². The highest BCUT2D eigenvalue weighted by Crippen LogP contribution is 2.24. The molecule has 7 heteroatoms. The molecule has 0 saturated carbocycles. The summed E-state index contributed by atoms with van der Waals surface area (Å²) in [5.41, 5.74) is 0.499. The Morgan fingerprint density at radius 2 is 2.08 bits per heavy atom. The van der Waals surface area contributed by atoms with Gasteiger partial charge in [0.2, 0.25) is 0 Å². The fourth-order valence-corrected chi connectivity index (χ4v) is 3.91. The van der Waals surface area contributed by atoms with Crippen molar-refractivity contribution in [3.8, 4) is 0 Å². The van der Waals surface area contributed by atoms with Crippen LogP contribution in [0.15, 0.2) is 40.7 Å². The third-order valence-corrected chi connectivity index (χ3v) is 5.51. The Morgan fingerprint density at radius 1 is 1.27 bits per heavy atom. The fourth-order valence-electron chi connectivity index (χ4n) is 3.12. The molecular weight excluding hydrogens is 354 g/mol. The Kier molecular flexibility index (Phi) is 6.44. The van der Waals surface area contributed by atoms with Gasteiger partial charge < -0.3 is 15.5 Å². The second-order valence-corrected chi connectivity index (χ2v) is 7.27. The van der Waals surface area contributed by atoms with E-state index in [1.165, 1.54) is 17.1 Å². The first kappa shape index (κ1) is 18.6. The Labute approximate surface area is 156 Å². The maximum Gasteiger partial charge on any atom is 0.191 e. The number of benzene rings is 1. The Morgan fingerprint density at radius 3 is 2.73 bits per heavy atom. The lowest BCUT2D eigenvalue weighted by molar-refractivity contribution is 0.463. The number of halogens is 2. The Balaban J connectivity index is 1.42. The zero-order valence-electron chi connectivity index (χ0n) is 14.8. The SMILES string of the molecule is CN=C(NCCc1ccc(F)cc1F)NC1CCN(c2cccs2)CC1. The van der Waals surface area contributed by atoms with Crippen LogP contribution in [-0.4, -0.2) is 38.7 Å². The molecule has 1 aromatic carbocycles. The Bertz CT molecular complexity index is 725. The molecule has 140 valence electrons. The van der Waals surface area contributed by atoms with Crippen molar-refractivity contribution < 1.29 is 8.78 Å². The van der Waals surface area contributed by atoms with E-state index in [0.717, 1.165) is 38.0 Å². The zero-order chi connectivity index (χ0) is 18.4. The van der Waals surface area contributed by atoms with E-state index in [0.29, 0.717) is 24.6 Å². The molecule has 1 aliphatic rings. The number of nitrogens with zero attached hydrogens (tertiary/aromatic N) is 2. The number of piperidine rings is 1. The molecule has 2 aromatic rings. The van der Waals surface area contributed by atoms with Crippen LogP contribution < -0.4 is 15.5 Å². The lowest BCUT2D eigenvalue weighted by Crippen LogP contribution is -2.49. The summed E-state index contributed by atoms with van der Waals surface area (Å²) in [7, 11) is 1.73. The van der Waals surface area contributed by atoms with E-state index >= 15 is 0 Å². The number of rotatable bonds is 5. The quantitative estimate of drug-likeness (QED) is 0.619. The van der Waals surface area contributed by atoms with Gasteiger partial charge in [-0.1, -0.05) is 6.07 Å². The minimum atomic E-state index is -0.550. The standard InChI is InChI=1S/C19H24F2N4S/c1-22-19(23-9-6-14-4-5-15(20)13-17(14)21)24-16-7-10-25(11-8-16)18-3-2-12-26-18/h2-5,12-13,16H,6-11H2,1H3,(H2,22,23,24). The predicted octanol–water partition coefficient (Wildman–Crippen LogP) is 3.40. The minimum absolute atomic E-state index is 0.375. The van der Waals surface area contributed by atoms with Gasteiger partial charge in [0.05, 0.1) is 5.00 Å². The van der Waals surface area contributed by atoms with Crippen LogP contribution in [-0.2, 0) is 6.42 Å². The van der Waals surface area contributed by atoms with Gasteiger partial charge in [0, 0.05) is 38.8 Å². The molecule has 2 N–H and O–H groups in total. The lowest BCUT2D eigenvalue weighted by atomic mass is 10.1. The Hall–Kier alpha value is -2.15. The normalized spacial score (nSPS) is 16.0. The zero-order valence-corrected chi connectivity index (χ0v) is 15.7. The van der Waals surface area contributed by atoms with E-state index in [-0.39, 0.29) is 0 Å². The van der Waals surface area contributed by atoms with Gasteiger partial charge in [-0.05, 0) is 48.4 Å². The van der Waals surface area contributed by atoms with Crippen LogP contribution in [0.1, 0.15) is 18.4 Å². The summed E-state index contributed by atoms with van der Waals surface area (Å²) < 4.78 is 26.6. The summed E-state index contributed by atoms with van der Waals surface area (Å²) in [5.74, 6) is -0.330. The molecule has 0 atom stereocenters. The molecule has 4 nitrogen and oxygen atoms in total. The largest absolute Gasteiger partial charge is 0.363 e. The number of aliphatic imine (C=N–C) groups is 1. The van der Waals surface area contributed by atoms with Crippen molar-refractivity contribution >= 4 is 22.3 Å². The van der Waals surface area contributed by atoms with Crippen LogP contribution >= 0.6 is 11.3 Å². The maximum absolute atomic E-state index is 13.7. The first-order valence-corrected chi connectivity index (χ1v) is 9.73. The smallest absolute Gasteiger partial charge is 0.191 e. The average molecular weight is 378 g/mol. The van der Waals surface area contributed by atoms with Crippen molar-refractivity contribution in [3.05, 3.63) is 52.9 Å². The highest BCUT2D eigenvalue weighted by atomic mass is 32.1. The van der Waals surface area contributed by atoms with Crippen molar-refractivity contribution in [1.29, 1.82) is 0 Å². The van der Waals surface area contributed by atoms with Gasteiger partial charge >= 0.3 is 0 Å². The van der Waals surface area contributed by atoms with E-state index in [2.05, 4.69) is 38.0 Å². The molecule has 0 unspecified atom stereocenters. The molecule has 2 heterocycles. The molecule has 1 aliphatic heterocycles. The third-order valence-electron chi connectivity index (χ3n) is 4.58. The number of hydrogen-bond donors (Lipinski definition) is 2. The highest BCUT2D eigenvalue weighted by molar-refractivity contribution is 7.14. The average Bonchev–Trinajstić information content (AvgIpc) is 3.18. The number of guanidine groups is 1. The van der Waals surface area contributed by atoms with Crippen LogP contribution in [0.4, 0.5) is 13.8 Å². The predicted molar refractivity (Wildman–Crippen MR) is 104 cm³/mol. The molecule has 0 amide bonds. The summed E-state index contributed by atoms with van der Waals surface area (Å²) in [5, 5.41) is 10.1. The van der Waals surface area contributed by atoms with Gasteiger partial charge in [-0.15, -0.1) is 11.3 Å². The van der Waals surface area contributed by atoms with Gasteiger partial charge in [-0.3, -0.25) is 4.99 Å². The van der Waals surface area contributed by atoms with Crippen LogP contribution in [0.3, 0.4) is 0 Å². The molecule has 3 rings (SSSR count). The van der Waals surface area contributed by atoms with Gasteiger partial charge in [0.15, 0.2) is 5.96 Å². The number of hydrogen-bond acceptors (Lipinski definition) is 3. The van der Waals surface area contributed by atoms with E-state index in [1.54, 1.807) is 18.4 Å². The summed E-state index contributed by atoms with van der Waals surface area (Å²) in [4.78, 5) is 6.66. The molecule has 1 aromatic heterocycles. The van der Waals surface area contributed by atoms with Gasteiger partial charge in [0.25, 0.3) is 0 Å². The number of thiophene rings is 1. The topological polar surface area (TPSA) is 39.7 Å². The summed E-state index contributed by atoms with van der Waals surface area (Å²) >= 11 is 1.78. The van der Waals surface area contributed by atoms with E-state index in [4.69, 9.17) is 0 Å². The van der Waals surface area contributed by atoms with Crippen molar-refractivity contribution in [3.63, 3.8) is 0 Å². The second kappa shape index (κ2) is 8.98. The molecular formula is C19H24F2N4S. The lowest BCUT2D eigenvalue weighted by Gasteiger charge is -2.33. The van der Waals surface area contributed by atoms with E-state index in [9.17, 15) is 8.78 Å². The van der Waals surface area contributed by atoms with Crippen molar-refractivity contribution in [2.24, 2.45) is 4.99 Å². The van der Waals surface area contributed by atoms with Crippen molar-refractivity contribution in [1.82, 2.24) is 10.6 Å². The monoisotopic (exact) mass is 378 g/mol. The van der Waals surface area contributed by atoms with Crippen molar-refractivity contribution in [2.75, 3.05) is 31.6 Å². The molecule has 0 radical (unpaired) electrons. The first-order chi connectivity index (χ1) is 12.7.